The van der Waals surface area contributed by atoms with Gasteiger partial charge in [0.25, 0.3) is 0 Å². The summed E-state index contributed by atoms with van der Waals surface area (Å²) in [5, 5.41) is 17.8. The molecule has 2 aliphatic rings. The number of guanidine groups is 1. The minimum absolute atomic E-state index is 0. The molecule has 0 radical (unpaired) electrons. The molecule has 2 fully saturated rings. The summed E-state index contributed by atoms with van der Waals surface area (Å²) in [6.07, 6.45) is 8.33. The fourth-order valence-electron chi connectivity index (χ4n) is 4.58. The molecule has 7 heteroatoms. The minimum atomic E-state index is -0.683. The summed E-state index contributed by atoms with van der Waals surface area (Å²) in [5.74, 6) is 0.827. The van der Waals surface area contributed by atoms with Crippen LogP contribution >= 0.6 is 24.0 Å². The van der Waals surface area contributed by atoms with E-state index < -0.39 is 5.60 Å². The van der Waals surface area contributed by atoms with Crippen molar-refractivity contribution in [3.05, 3.63) is 0 Å². The van der Waals surface area contributed by atoms with Crippen molar-refractivity contribution in [3.63, 3.8) is 0 Å². The molecular weight excluding hydrogens is 467 g/mol. The first-order valence-electron chi connectivity index (χ1n) is 11.1. The second kappa shape index (κ2) is 13.2. The molecule has 0 saturated carbocycles. The van der Waals surface area contributed by atoms with Crippen LogP contribution in [-0.4, -0.2) is 73.0 Å². The van der Waals surface area contributed by atoms with E-state index in [9.17, 15) is 5.11 Å². The number of ether oxygens (including phenoxy) is 1. The number of hydrogen-bond acceptors (Lipinski definition) is 4. The lowest BCUT2D eigenvalue weighted by Crippen LogP contribution is -2.58. The molecule has 3 N–H and O–H groups in total. The van der Waals surface area contributed by atoms with Crippen molar-refractivity contribution >= 4 is 29.9 Å². The number of aliphatic hydroxyl groups is 1. The normalized spacial score (nSPS) is 20.6. The third kappa shape index (κ3) is 7.61. The van der Waals surface area contributed by atoms with E-state index in [1.54, 1.807) is 0 Å². The fourth-order valence-corrected chi connectivity index (χ4v) is 4.58. The maximum atomic E-state index is 10.9. The Balaban J connectivity index is 0.00000392. The van der Waals surface area contributed by atoms with E-state index in [0.29, 0.717) is 6.54 Å². The molecular formula is C21H43IN4O2. The maximum Gasteiger partial charge on any atom is 0.191 e. The lowest BCUT2D eigenvalue weighted by Gasteiger charge is -2.45. The zero-order valence-corrected chi connectivity index (χ0v) is 20.6. The first-order chi connectivity index (χ1) is 13.1. The fraction of sp³-hybridized carbons (Fsp3) is 0.952. The van der Waals surface area contributed by atoms with Crippen molar-refractivity contribution in [1.82, 2.24) is 15.5 Å². The van der Waals surface area contributed by atoms with Crippen molar-refractivity contribution in [1.29, 1.82) is 0 Å². The van der Waals surface area contributed by atoms with Crippen LogP contribution in [0.15, 0.2) is 4.99 Å². The Kier molecular flexibility index (Phi) is 12.3. The predicted octanol–water partition coefficient (Wildman–Crippen LogP) is 3.14. The molecule has 0 bridgehead atoms. The Morgan fingerprint density at radius 3 is 2.21 bits per heavy atom. The monoisotopic (exact) mass is 510 g/mol. The van der Waals surface area contributed by atoms with Gasteiger partial charge in [0, 0.05) is 31.8 Å². The van der Waals surface area contributed by atoms with E-state index in [0.717, 1.165) is 70.8 Å². The summed E-state index contributed by atoms with van der Waals surface area (Å²) in [7, 11) is 0. The Bertz CT molecular complexity index is 444. The summed E-state index contributed by atoms with van der Waals surface area (Å²) in [6, 6.07) is 0. The van der Waals surface area contributed by atoms with Crippen LogP contribution < -0.4 is 10.6 Å². The smallest absolute Gasteiger partial charge is 0.191 e. The highest BCUT2D eigenvalue weighted by atomic mass is 127. The molecule has 0 aromatic rings. The van der Waals surface area contributed by atoms with Gasteiger partial charge in [-0.2, -0.15) is 0 Å². The highest BCUT2D eigenvalue weighted by Crippen LogP contribution is 2.30. The highest BCUT2D eigenvalue weighted by Gasteiger charge is 2.39. The van der Waals surface area contributed by atoms with Crippen molar-refractivity contribution in [2.75, 3.05) is 45.9 Å². The number of rotatable bonds is 10. The molecule has 6 nitrogen and oxygen atoms in total. The van der Waals surface area contributed by atoms with Crippen molar-refractivity contribution in [2.45, 2.75) is 83.3 Å². The van der Waals surface area contributed by atoms with Gasteiger partial charge in [-0.1, -0.05) is 26.7 Å². The lowest BCUT2D eigenvalue weighted by molar-refractivity contribution is -0.0164. The second-order valence-electron chi connectivity index (χ2n) is 8.30. The Morgan fingerprint density at radius 1 is 1.07 bits per heavy atom. The molecule has 28 heavy (non-hydrogen) atoms. The lowest BCUT2D eigenvalue weighted by atomic mass is 9.88. The van der Waals surface area contributed by atoms with Crippen LogP contribution in [0, 0.1) is 0 Å². The first kappa shape index (κ1) is 25.9. The van der Waals surface area contributed by atoms with Gasteiger partial charge in [0.1, 0.15) is 0 Å². The second-order valence-corrected chi connectivity index (χ2v) is 8.30. The topological polar surface area (TPSA) is 69.1 Å². The molecule has 2 saturated heterocycles. The largest absolute Gasteiger partial charge is 0.388 e. The van der Waals surface area contributed by atoms with Gasteiger partial charge in [0.15, 0.2) is 5.96 Å². The highest BCUT2D eigenvalue weighted by molar-refractivity contribution is 14.0. The van der Waals surface area contributed by atoms with Gasteiger partial charge in [-0.3, -0.25) is 9.89 Å². The maximum absolute atomic E-state index is 10.9. The van der Waals surface area contributed by atoms with Crippen LogP contribution in [0.5, 0.6) is 0 Å². The number of hydrogen-bond donors (Lipinski definition) is 3. The SMILES string of the molecule is CCCC(O)(CCC)CN=C(NCC)NCC1(N2CCCC2)CCOCC1.I. The van der Waals surface area contributed by atoms with E-state index in [4.69, 9.17) is 9.73 Å². The predicted molar refractivity (Wildman–Crippen MR) is 128 cm³/mol. The van der Waals surface area contributed by atoms with Crippen LogP contribution in [-0.2, 0) is 4.74 Å². The van der Waals surface area contributed by atoms with E-state index in [1.807, 2.05) is 0 Å². The van der Waals surface area contributed by atoms with Gasteiger partial charge in [0.05, 0.1) is 12.1 Å². The summed E-state index contributed by atoms with van der Waals surface area (Å²) in [6.45, 7) is 12.6. The molecule has 2 aliphatic heterocycles. The minimum Gasteiger partial charge on any atom is -0.388 e. The first-order valence-corrected chi connectivity index (χ1v) is 11.1. The summed E-state index contributed by atoms with van der Waals surface area (Å²) in [4.78, 5) is 7.42. The van der Waals surface area contributed by atoms with Crippen LogP contribution in [0.25, 0.3) is 0 Å². The van der Waals surface area contributed by atoms with E-state index in [1.165, 1.54) is 25.9 Å². The molecule has 0 unspecified atom stereocenters. The van der Waals surface area contributed by atoms with Crippen LogP contribution in [0.1, 0.15) is 72.1 Å². The third-order valence-corrected chi connectivity index (χ3v) is 6.09. The van der Waals surface area contributed by atoms with Gasteiger partial charge in [-0.05, 0) is 58.5 Å². The van der Waals surface area contributed by atoms with Crippen molar-refractivity contribution in [2.24, 2.45) is 4.99 Å². The Morgan fingerprint density at radius 2 is 1.68 bits per heavy atom. The quantitative estimate of drug-likeness (QED) is 0.240. The van der Waals surface area contributed by atoms with Crippen LogP contribution in [0.2, 0.25) is 0 Å². The van der Waals surface area contributed by atoms with E-state index in [2.05, 4.69) is 36.3 Å². The third-order valence-electron chi connectivity index (χ3n) is 6.09. The molecule has 0 amide bonds. The van der Waals surface area contributed by atoms with Gasteiger partial charge in [0.2, 0.25) is 0 Å². The molecule has 166 valence electrons. The van der Waals surface area contributed by atoms with Gasteiger partial charge in [-0.15, -0.1) is 24.0 Å². The molecule has 0 aromatic heterocycles. The molecule has 0 spiro atoms. The van der Waals surface area contributed by atoms with Gasteiger partial charge in [-0.25, -0.2) is 0 Å². The van der Waals surface area contributed by atoms with Gasteiger partial charge >= 0.3 is 0 Å². The van der Waals surface area contributed by atoms with Crippen molar-refractivity contribution in [3.8, 4) is 0 Å². The van der Waals surface area contributed by atoms with Gasteiger partial charge < -0.3 is 20.5 Å². The molecule has 0 atom stereocenters. The summed E-state index contributed by atoms with van der Waals surface area (Å²) < 4.78 is 5.65. The average Bonchev–Trinajstić information content (AvgIpc) is 3.21. The van der Waals surface area contributed by atoms with E-state index in [-0.39, 0.29) is 29.5 Å². The van der Waals surface area contributed by atoms with Crippen LogP contribution in [0.3, 0.4) is 0 Å². The number of likely N-dealkylation sites (tertiary alicyclic amines) is 1. The Hall–Kier alpha value is -0.120. The molecule has 2 rings (SSSR count). The molecule has 0 aliphatic carbocycles. The summed E-state index contributed by atoms with van der Waals surface area (Å²) in [5.41, 5.74) is -0.509. The van der Waals surface area contributed by atoms with E-state index >= 15 is 0 Å². The Labute approximate surface area is 189 Å². The number of halogens is 1. The van der Waals surface area contributed by atoms with Crippen molar-refractivity contribution < 1.29 is 9.84 Å². The standard InChI is InChI=1S/C21H42N4O2.HI/c1-4-9-21(26,10-5-2)18-24-19(22-6-3)23-17-20(11-15-27-16-12-20)25-13-7-8-14-25;/h26H,4-18H2,1-3H3,(H2,22,23,24);1H. The number of nitrogens with one attached hydrogen (secondary N) is 2. The zero-order chi connectivity index (χ0) is 19.6. The molecule has 2 heterocycles. The average molecular weight is 511 g/mol. The number of nitrogens with zero attached hydrogens (tertiary/aromatic N) is 2. The summed E-state index contributed by atoms with van der Waals surface area (Å²) >= 11 is 0. The molecule has 0 aromatic carbocycles. The van der Waals surface area contributed by atoms with Crippen LogP contribution in [0.4, 0.5) is 0 Å². The number of aliphatic imine (C=N–C) groups is 1. The zero-order valence-electron chi connectivity index (χ0n) is 18.3.